The van der Waals surface area contributed by atoms with Crippen molar-refractivity contribution in [3.05, 3.63) is 16.1 Å². The Balaban J connectivity index is 2.06. The van der Waals surface area contributed by atoms with Gasteiger partial charge in [0, 0.05) is 11.1 Å². The van der Waals surface area contributed by atoms with Crippen LogP contribution in [0, 0.1) is 12.8 Å². The molecule has 2 N–H and O–H groups in total. The molecule has 1 heterocycles. The van der Waals surface area contributed by atoms with Crippen LogP contribution in [-0.4, -0.2) is 22.1 Å². The van der Waals surface area contributed by atoms with Gasteiger partial charge in [0.2, 0.25) is 5.91 Å². The summed E-state index contributed by atoms with van der Waals surface area (Å²) in [6, 6.07) is 0. The van der Waals surface area contributed by atoms with Gasteiger partial charge in [-0.15, -0.1) is 11.3 Å². The standard InChI is InChI=1S/C13H20N2O2S/c1-8-7-18-12(14-8)13(2,3)15-11(17)9-5-4-6-10(9)16/h7,9-10,16H,4-6H2,1-3H3,(H,15,17). The van der Waals surface area contributed by atoms with E-state index in [9.17, 15) is 9.90 Å². The average molecular weight is 268 g/mol. The molecule has 18 heavy (non-hydrogen) atoms. The summed E-state index contributed by atoms with van der Waals surface area (Å²) < 4.78 is 0. The largest absolute Gasteiger partial charge is 0.392 e. The Kier molecular flexibility index (Phi) is 3.73. The van der Waals surface area contributed by atoms with E-state index in [1.54, 1.807) is 11.3 Å². The number of aliphatic hydroxyl groups excluding tert-OH is 1. The van der Waals surface area contributed by atoms with Crippen LogP contribution in [-0.2, 0) is 10.3 Å². The molecule has 2 rings (SSSR count). The third-order valence-corrected chi connectivity index (χ3v) is 4.69. The fourth-order valence-corrected chi connectivity index (χ4v) is 3.22. The first-order valence-electron chi connectivity index (χ1n) is 6.33. The van der Waals surface area contributed by atoms with Crippen LogP contribution in [0.3, 0.4) is 0 Å². The molecule has 4 nitrogen and oxygen atoms in total. The molecule has 1 saturated carbocycles. The molecule has 1 aliphatic carbocycles. The minimum atomic E-state index is -0.487. The number of aryl methyl sites for hydroxylation is 1. The molecule has 0 aromatic carbocycles. The van der Waals surface area contributed by atoms with Gasteiger partial charge in [0.05, 0.1) is 17.6 Å². The second-order valence-corrected chi connectivity index (χ2v) is 6.37. The highest BCUT2D eigenvalue weighted by atomic mass is 32.1. The maximum absolute atomic E-state index is 12.2. The van der Waals surface area contributed by atoms with Crippen molar-refractivity contribution in [2.24, 2.45) is 5.92 Å². The van der Waals surface area contributed by atoms with Crippen LogP contribution in [0.4, 0.5) is 0 Å². The molecule has 100 valence electrons. The summed E-state index contributed by atoms with van der Waals surface area (Å²) >= 11 is 1.55. The second kappa shape index (κ2) is 4.97. The number of thiazole rings is 1. The lowest BCUT2D eigenvalue weighted by atomic mass is 10.0. The zero-order chi connectivity index (χ0) is 13.3. The molecule has 0 aliphatic heterocycles. The van der Waals surface area contributed by atoms with E-state index < -0.39 is 11.6 Å². The maximum atomic E-state index is 12.2. The first kappa shape index (κ1) is 13.5. The number of amides is 1. The van der Waals surface area contributed by atoms with Crippen LogP contribution in [0.2, 0.25) is 0 Å². The van der Waals surface area contributed by atoms with Crippen molar-refractivity contribution in [3.63, 3.8) is 0 Å². The van der Waals surface area contributed by atoms with Crippen molar-refractivity contribution < 1.29 is 9.90 Å². The van der Waals surface area contributed by atoms with Gasteiger partial charge in [-0.3, -0.25) is 4.79 Å². The molecule has 0 bridgehead atoms. The zero-order valence-corrected chi connectivity index (χ0v) is 11.9. The highest BCUT2D eigenvalue weighted by Crippen LogP contribution is 2.29. The predicted molar refractivity (Wildman–Crippen MR) is 71.4 cm³/mol. The van der Waals surface area contributed by atoms with Crippen LogP contribution in [0.1, 0.15) is 43.8 Å². The maximum Gasteiger partial charge on any atom is 0.226 e. The number of rotatable bonds is 3. The molecule has 5 heteroatoms. The lowest BCUT2D eigenvalue weighted by Gasteiger charge is -2.26. The number of carbonyl (C=O) groups excluding carboxylic acids is 1. The summed E-state index contributed by atoms with van der Waals surface area (Å²) in [6.45, 7) is 5.84. The quantitative estimate of drug-likeness (QED) is 0.881. The van der Waals surface area contributed by atoms with Crippen LogP contribution in [0.25, 0.3) is 0 Å². The molecule has 0 radical (unpaired) electrons. The lowest BCUT2D eigenvalue weighted by molar-refractivity contribution is -0.129. The van der Waals surface area contributed by atoms with Crippen LogP contribution in [0.5, 0.6) is 0 Å². The molecular weight excluding hydrogens is 248 g/mol. The Labute approximate surface area is 111 Å². The van der Waals surface area contributed by atoms with Gasteiger partial charge in [0.25, 0.3) is 0 Å². The van der Waals surface area contributed by atoms with Crippen molar-refractivity contribution >= 4 is 17.2 Å². The van der Waals surface area contributed by atoms with Gasteiger partial charge >= 0.3 is 0 Å². The van der Waals surface area contributed by atoms with E-state index in [1.807, 2.05) is 26.2 Å². The number of aromatic nitrogens is 1. The van der Waals surface area contributed by atoms with Gasteiger partial charge in [-0.25, -0.2) is 4.98 Å². The van der Waals surface area contributed by atoms with Gasteiger partial charge in [0.1, 0.15) is 5.01 Å². The van der Waals surface area contributed by atoms with E-state index >= 15 is 0 Å². The second-order valence-electron chi connectivity index (χ2n) is 5.51. The zero-order valence-electron chi connectivity index (χ0n) is 11.1. The molecular formula is C13H20N2O2S. The summed E-state index contributed by atoms with van der Waals surface area (Å²) in [7, 11) is 0. The van der Waals surface area contributed by atoms with E-state index in [2.05, 4.69) is 10.3 Å². The van der Waals surface area contributed by atoms with Crippen molar-refractivity contribution in [1.82, 2.24) is 10.3 Å². The van der Waals surface area contributed by atoms with E-state index in [0.29, 0.717) is 0 Å². The lowest BCUT2D eigenvalue weighted by Crippen LogP contribution is -2.45. The molecule has 0 saturated heterocycles. The fraction of sp³-hybridized carbons (Fsp3) is 0.692. The van der Waals surface area contributed by atoms with Crippen LogP contribution >= 0.6 is 11.3 Å². The molecule has 1 amide bonds. The van der Waals surface area contributed by atoms with Crippen molar-refractivity contribution in [3.8, 4) is 0 Å². The molecule has 2 atom stereocenters. The van der Waals surface area contributed by atoms with Gasteiger partial charge in [0.15, 0.2) is 0 Å². The van der Waals surface area contributed by atoms with E-state index in [-0.39, 0.29) is 11.8 Å². The highest BCUT2D eigenvalue weighted by molar-refractivity contribution is 7.09. The molecule has 1 aromatic heterocycles. The number of hydrogen-bond acceptors (Lipinski definition) is 4. The molecule has 1 aliphatic rings. The number of nitrogens with one attached hydrogen (secondary N) is 1. The molecule has 0 spiro atoms. The van der Waals surface area contributed by atoms with Gasteiger partial charge in [-0.05, 0) is 40.0 Å². The monoisotopic (exact) mass is 268 g/mol. The van der Waals surface area contributed by atoms with Gasteiger partial charge < -0.3 is 10.4 Å². The Hall–Kier alpha value is -0.940. The minimum Gasteiger partial charge on any atom is -0.392 e. The summed E-state index contributed by atoms with van der Waals surface area (Å²) in [5.74, 6) is -0.316. The molecule has 2 unspecified atom stereocenters. The fourth-order valence-electron chi connectivity index (χ4n) is 2.34. The normalized spacial score (nSPS) is 24.2. The van der Waals surface area contributed by atoms with E-state index in [4.69, 9.17) is 0 Å². The summed E-state index contributed by atoms with van der Waals surface area (Å²) in [4.78, 5) is 16.6. The number of nitrogens with zero attached hydrogens (tertiary/aromatic N) is 1. The topological polar surface area (TPSA) is 62.2 Å². The first-order chi connectivity index (χ1) is 8.40. The molecule has 1 aromatic rings. The summed E-state index contributed by atoms with van der Waals surface area (Å²) in [6.07, 6.45) is 1.95. The summed E-state index contributed by atoms with van der Waals surface area (Å²) in [5.41, 5.74) is 0.497. The SMILES string of the molecule is Cc1csc(C(C)(C)NC(=O)C2CCCC2O)n1. The Morgan fingerprint density at radius 1 is 1.56 bits per heavy atom. The Bertz CT molecular complexity index is 442. The van der Waals surface area contributed by atoms with Crippen molar-refractivity contribution in [2.75, 3.05) is 0 Å². The van der Waals surface area contributed by atoms with Crippen LogP contribution < -0.4 is 5.32 Å². The highest BCUT2D eigenvalue weighted by Gasteiger charge is 2.35. The number of hydrogen-bond donors (Lipinski definition) is 2. The smallest absolute Gasteiger partial charge is 0.226 e. The number of carbonyl (C=O) groups is 1. The van der Waals surface area contributed by atoms with E-state index in [0.717, 1.165) is 30.0 Å². The third kappa shape index (κ3) is 2.72. The number of aliphatic hydroxyl groups is 1. The van der Waals surface area contributed by atoms with E-state index in [1.165, 1.54) is 0 Å². The van der Waals surface area contributed by atoms with Gasteiger partial charge in [-0.1, -0.05) is 0 Å². The summed E-state index contributed by atoms with van der Waals surface area (Å²) in [5, 5.41) is 15.6. The predicted octanol–water partition coefficient (Wildman–Crippen LogP) is 1.96. The first-order valence-corrected chi connectivity index (χ1v) is 7.21. The average Bonchev–Trinajstić information content (AvgIpc) is 2.86. The van der Waals surface area contributed by atoms with Crippen molar-refractivity contribution in [1.29, 1.82) is 0 Å². The minimum absolute atomic E-state index is 0.0575. The van der Waals surface area contributed by atoms with Crippen molar-refractivity contribution in [2.45, 2.75) is 51.7 Å². The Morgan fingerprint density at radius 2 is 2.28 bits per heavy atom. The van der Waals surface area contributed by atoms with Gasteiger partial charge in [-0.2, -0.15) is 0 Å². The molecule has 1 fully saturated rings. The Morgan fingerprint density at radius 3 is 2.78 bits per heavy atom. The third-order valence-electron chi connectivity index (χ3n) is 3.41. The van der Waals surface area contributed by atoms with Crippen LogP contribution in [0.15, 0.2) is 5.38 Å².